The molecule has 0 spiro atoms. The third kappa shape index (κ3) is 5.37. The average Bonchev–Trinajstić information content (AvgIpc) is 2.93. The van der Waals surface area contributed by atoms with E-state index in [0.717, 1.165) is 6.42 Å². The van der Waals surface area contributed by atoms with Crippen molar-refractivity contribution in [3.8, 4) is 11.5 Å². The number of rotatable bonds is 6. The SMILES string of the molecule is COCCOC(=O)Nc1cccc(NC(=O)c2ccc3c(c2)OCCCO3)c1. The first kappa shape index (κ1) is 19.5. The Kier molecular flexibility index (Phi) is 6.69. The minimum atomic E-state index is -0.594. The summed E-state index contributed by atoms with van der Waals surface area (Å²) in [4.78, 5) is 24.3. The highest BCUT2D eigenvalue weighted by Crippen LogP contribution is 2.30. The minimum absolute atomic E-state index is 0.156. The van der Waals surface area contributed by atoms with Crippen LogP contribution in [0.15, 0.2) is 42.5 Å². The van der Waals surface area contributed by atoms with E-state index < -0.39 is 6.09 Å². The van der Waals surface area contributed by atoms with E-state index in [2.05, 4.69) is 10.6 Å². The molecule has 0 radical (unpaired) electrons. The number of anilines is 2. The van der Waals surface area contributed by atoms with Crippen LogP contribution >= 0.6 is 0 Å². The van der Waals surface area contributed by atoms with Crippen LogP contribution in [0.2, 0.25) is 0 Å². The van der Waals surface area contributed by atoms with Crippen molar-refractivity contribution in [2.24, 2.45) is 0 Å². The van der Waals surface area contributed by atoms with E-state index in [-0.39, 0.29) is 12.5 Å². The Hall–Kier alpha value is -3.26. The summed E-state index contributed by atoms with van der Waals surface area (Å²) in [5, 5.41) is 5.40. The number of nitrogens with one attached hydrogen (secondary N) is 2. The van der Waals surface area contributed by atoms with Gasteiger partial charge in [0.25, 0.3) is 5.91 Å². The van der Waals surface area contributed by atoms with Crippen molar-refractivity contribution in [1.29, 1.82) is 0 Å². The average molecular weight is 386 g/mol. The van der Waals surface area contributed by atoms with Crippen LogP contribution in [0.4, 0.5) is 16.2 Å². The summed E-state index contributed by atoms with van der Waals surface area (Å²) in [7, 11) is 1.52. The van der Waals surface area contributed by atoms with Gasteiger partial charge in [0.05, 0.1) is 19.8 Å². The quantitative estimate of drug-likeness (QED) is 0.740. The zero-order chi connectivity index (χ0) is 19.8. The molecular formula is C20H22N2O6. The maximum atomic E-state index is 12.6. The number of carbonyl (C=O) groups excluding carboxylic acids is 2. The van der Waals surface area contributed by atoms with Crippen molar-refractivity contribution in [3.05, 3.63) is 48.0 Å². The standard InChI is InChI=1S/C20H22N2O6/c1-25-10-11-28-20(24)22-16-5-2-4-15(13-16)21-19(23)14-6-7-17-18(12-14)27-9-3-8-26-17/h2,4-7,12-13H,3,8-11H2,1H3,(H,21,23)(H,22,24). The summed E-state index contributed by atoms with van der Waals surface area (Å²) in [5.74, 6) is 0.891. The molecule has 0 bridgehead atoms. The number of benzene rings is 2. The molecule has 0 saturated heterocycles. The van der Waals surface area contributed by atoms with Gasteiger partial charge in [-0.3, -0.25) is 10.1 Å². The lowest BCUT2D eigenvalue weighted by atomic mass is 10.1. The Morgan fingerprint density at radius 3 is 2.50 bits per heavy atom. The fourth-order valence-corrected chi connectivity index (χ4v) is 2.55. The third-order valence-electron chi connectivity index (χ3n) is 3.90. The predicted octanol–water partition coefficient (Wildman–Crippen LogP) is 3.30. The maximum Gasteiger partial charge on any atom is 0.411 e. The van der Waals surface area contributed by atoms with Gasteiger partial charge in [0.1, 0.15) is 6.61 Å². The van der Waals surface area contributed by atoms with Crippen molar-refractivity contribution in [2.45, 2.75) is 6.42 Å². The Morgan fingerprint density at radius 2 is 1.71 bits per heavy atom. The number of ether oxygens (including phenoxy) is 4. The molecule has 2 N–H and O–H groups in total. The van der Waals surface area contributed by atoms with Crippen molar-refractivity contribution in [1.82, 2.24) is 0 Å². The van der Waals surface area contributed by atoms with Gasteiger partial charge >= 0.3 is 6.09 Å². The molecule has 1 heterocycles. The Bertz CT molecular complexity index is 839. The number of fused-ring (bicyclic) bond motifs is 1. The molecule has 2 amide bonds. The van der Waals surface area contributed by atoms with E-state index in [4.69, 9.17) is 18.9 Å². The summed E-state index contributed by atoms with van der Waals surface area (Å²) in [6, 6.07) is 11.8. The smallest absolute Gasteiger partial charge is 0.411 e. The Labute approximate surface area is 162 Å². The molecule has 1 aliphatic rings. The first-order valence-electron chi connectivity index (χ1n) is 8.89. The first-order chi connectivity index (χ1) is 13.7. The molecule has 3 rings (SSSR count). The van der Waals surface area contributed by atoms with Crippen molar-refractivity contribution < 1.29 is 28.5 Å². The zero-order valence-corrected chi connectivity index (χ0v) is 15.5. The van der Waals surface area contributed by atoms with Crippen LogP contribution in [-0.4, -0.2) is 45.5 Å². The first-order valence-corrected chi connectivity index (χ1v) is 8.89. The molecule has 0 atom stereocenters. The van der Waals surface area contributed by atoms with E-state index in [9.17, 15) is 9.59 Å². The highest BCUT2D eigenvalue weighted by Gasteiger charge is 2.14. The number of hydrogen-bond acceptors (Lipinski definition) is 6. The predicted molar refractivity (Wildman–Crippen MR) is 103 cm³/mol. The van der Waals surface area contributed by atoms with Gasteiger partial charge in [-0.1, -0.05) is 6.07 Å². The van der Waals surface area contributed by atoms with Crippen LogP contribution in [0.5, 0.6) is 11.5 Å². The number of carbonyl (C=O) groups is 2. The van der Waals surface area contributed by atoms with Gasteiger partial charge in [-0.05, 0) is 36.4 Å². The van der Waals surface area contributed by atoms with E-state index in [0.29, 0.717) is 48.3 Å². The van der Waals surface area contributed by atoms with Crippen LogP contribution in [0, 0.1) is 0 Å². The summed E-state index contributed by atoms with van der Waals surface area (Å²) >= 11 is 0. The van der Waals surface area contributed by atoms with Gasteiger partial charge in [-0.15, -0.1) is 0 Å². The summed E-state index contributed by atoms with van der Waals surface area (Å²) < 4.78 is 21.0. The largest absolute Gasteiger partial charge is 0.490 e. The number of amides is 2. The lowest BCUT2D eigenvalue weighted by molar-refractivity contribution is 0.102. The van der Waals surface area contributed by atoms with Gasteiger partial charge < -0.3 is 24.3 Å². The molecule has 0 unspecified atom stereocenters. The molecular weight excluding hydrogens is 364 g/mol. The van der Waals surface area contributed by atoms with E-state index in [1.54, 1.807) is 42.5 Å². The van der Waals surface area contributed by atoms with Gasteiger partial charge in [-0.25, -0.2) is 4.79 Å². The van der Waals surface area contributed by atoms with Crippen molar-refractivity contribution in [3.63, 3.8) is 0 Å². The summed E-state index contributed by atoms with van der Waals surface area (Å²) in [5.41, 5.74) is 1.48. The number of methoxy groups -OCH3 is 1. The molecule has 148 valence electrons. The third-order valence-corrected chi connectivity index (χ3v) is 3.90. The molecule has 0 saturated carbocycles. The van der Waals surface area contributed by atoms with Crippen LogP contribution < -0.4 is 20.1 Å². The molecule has 28 heavy (non-hydrogen) atoms. The Balaban J connectivity index is 1.63. The molecule has 1 aliphatic heterocycles. The highest BCUT2D eigenvalue weighted by molar-refractivity contribution is 6.05. The van der Waals surface area contributed by atoms with Gasteiger partial charge in [0.2, 0.25) is 0 Å². The molecule has 2 aromatic carbocycles. The molecule has 0 fully saturated rings. The second-order valence-corrected chi connectivity index (χ2v) is 6.00. The fourth-order valence-electron chi connectivity index (χ4n) is 2.55. The lowest BCUT2D eigenvalue weighted by Crippen LogP contribution is -2.17. The van der Waals surface area contributed by atoms with Crippen molar-refractivity contribution >= 4 is 23.4 Å². The highest BCUT2D eigenvalue weighted by atomic mass is 16.6. The number of hydrogen-bond donors (Lipinski definition) is 2. The van der Waals surface area contributed by atoms with Gasteiger partial charge in [-0.2, -0.15) is 0 Å². The monoisotopic (exact) mass is 386 g/mol. The van der Waals surface area contributed by atoms with Gasteiger partial charge in [0.15, 0.2) is 11.5 Å². The molecule has 8 heteroatoms. The lowest BCUT2D eigenvalue weighted by Gasteiger charge is -2.11. The van der Waals surface area contributed by atoms with Crippen molar-refractivity contribution in [2.75, 3.05) is 44.2 Å². The Morgan fingerprint density at radius 1 is 0.964 bits per heavy atom. The zero-order valence-electron chi connectivity index (χ0n) is 15.5. The van der Waals surface area contributed by atoms with E-state index >= 15 is 0 Å². The van der Waals surface area contributed by atoms with E-state index in [1.165, 1.54) is 7.11 Å². The molecule has 0 aromatic heterocycles. The summed E-state index contributed by atoms with van der Waals surface area (Å²) in [6.07, 6.45) is 0.201. The summed E-state index contributed by atoms with van der Waals surface area (Å²) in [6.45, 7) is 1.61. The molecule has 2 aromatic rings. The minimum Gasteiger partial charge on any atom is -0.490 e. The van der Waals surface area contributed by atoms with Crippen LogP contribution in [0.25, 0.3) is 0 Å². The second kappa shape index (κ2) is 9.61. The molecule has 8 nitrogen and oxygen atoms in total. The fraction of sp³-hybridized carbons (Fsp3) is 0.300. The van der Waals surface area contributed by atoms with Gasteiger partial charge in [0, 0.05) is 30.5 Å². The molecule has 0 aliphatic carbocycles. The normalized spacial score (nSPS) is 12.6. The second-order valence-electron chi connectivity index (χ2n) is 6.00. The van der Waals surface area contributed by atoms with Crippen LogP contribution in [0.3, 0.4) is 0 Å². The van der Waals surface area contributed by atoms with Crippen LogP contribution in [-0.2, 0) is 9.47 Å². The van der Waals surface area contributed by atoms with Crippen LogP contribution in [0.1, 0.15) is 16.8 Å². The topological polar surface area (TPSA) is 95.1 Å². The van der Waals surface area contributed by atoms with E-state index in [1.807, 2.05) is 0 Å². The maximum absolute atomic E-state index is 12.6.